The van der Waals surface area contributed by atoms with Gasteiger partial charge in [-0.2, -0.15) is 0 Å². The molecule has 90 valence electrons. The van der Waals surface area contributed by atoms with Crippen LogP contribution in [0.15, 0.2) is 30.5 Å². The summed E-state index contributed by atoms with van der Waals surface area (Å²) in [6.45, 7) is 4.34. The Balaban J connectivity index is 2.39. The van der Waals surface area contributed by atoms with Crippen LogP contribution in [-0.4, -0.2) is 9.55 Å². The van der Waals surface area contributed by atoms with Crippen LogP contribution in [0, 0.1) is 4.77 Å². The lowest BCUT2D eigenvalue weighted by Gasteiger charge is -2.07. The SMILES string of the molecule is CCCc1ccc(-n2c(CC)c[nH]c2=S)cc1. The molecular formula is C14H18N2S. The molecule has 0 radical (unpaired) electrons. The highest BCUT2D eigenvalue weighted by atomic mass is 32.1. The molecule has 0 aliphatic rings. The molecule has 1 N–H and O–H groups in total. The van der Waals surface area contributed by atoms with Crippen molar-refractivity contribution in [1.29, 1.82) is 0 Å². The third-order valence-electron chi connectivity index (χ3n) is 2.95. The zero-order chi connectivity index (χ0) is 12.3. The van der Waals surface area contributed by atoms with Crippen LogP contribution in [0.25, 0.3) is 5.69 Å². The van der Waals surface area contributed by atoms with Gasteiger partial charge in [0.25, 0.3) is 0 Å². The summed E-state index contributed by atoms with van der Waals surface area (Å²) in [5, 5.41) is 0. The number of aromatic amines is 1. The summed E-state index contributed by atoms with van der Waals surface area (Å²) in [5.74, 6) is 0. The number of aryl methyl sites for hydroxylation is 2. The molecule has 0 aliphatic heterocycles. The van der Waals surface area contributed by atoms with Crippen LogP contribution in [0.2, 0.25) is 0 Å². The number of hydrogen-bond acceptors (Lipinski definition) is 1. The van der Waals surface area contributed by atoms with Gasteiger partial charge >= 0.3 is 0 Å². The van der Waals surface area contributed by atoms with Crippen molar-refractivity contribution in [3.63, 3.8) is 0 Å². The maximum Gasteiger partial charge on any atom is 0.182 e. The Bertz CT molecular complexity index is 534. The quantitative estimate of drug-likeness (QED) is 0.807. The van der Waals surface area contributed by atoms with Crippen molar-refractivity contribution < 1.29 is 0 Å². The van der Waals surface area contributed by atoms with Gasteiger partial charge in [-0.25, -0.2) is 0 Å². The zero-order valence-electron chi connectivity index (χ0n) is 10.4. The van der Waals surface area contributed by atoms with Crippen molar-refractivity contribution in [2.24, 2.45) is 0 Å². The van der Waals surface area contributed by atoms with Crippen LogP contribution in [0.1, 0.15) is 31.5 Å². The van der Waals surface area contributed by atoms with Gasteiger partial charge in [0, 0.05) is 17.6 Å². The second kappa shape index (κ2) is 5.32. The first kappa shape index (κ1) is 12.1. The minimum absolute atomic E-state index is 0.769. The highest BCUT2D eigenvalue weighted by molar-refractivity contribution is 7.71. The largest absolute Gasteiger partial charge is 0.337 e. The molecule has 1 aromatic heterocycles. The average Bonchev–Trinajstić information content (AvgIpc) is 2.72. The van der Waals surface area contributed by atoms with E-state index in [9.17, 15) is 0 Å². The first-order valence-corrected chi connectivity index (χ1v) is 6.55. The second-order valence-corrected chi connectivity index (χ2v) is 4.58. The first-order valence-electron chi connectivity index (χ1n) is 6.14. The van der Waals surface area contributed by atoms with E-state index in [0.29, 0.717) is 0 Å². The van der Waals surface area contributed by atoms with Gasteiger partial charge in [0.2, 0.25) is 0 Å². The number of aromatic nitrogens is 2. The fourth-order valence-corrected chi connectivity index (χ4v) is 2.33. The summed E-state index contributed by atoms with van der Waals surface area (Å²) < 4.78 is 2.87. The van der Waals surface area contributed by atoms with E-state index in [4.69, 9.17) is 12.2 Å². The summed E-state index contributed by atoms with van der Waals surface area (Å²) in [4.78, 5) is 3.10. The summed E-state index contributed by atoms with van der Waals surface area (Å²) in [6, 6.07) is 8.67. The van der Waals surface area contributed by atoms with Gasteiger partial charge in [-0.05, 0) is 42.8 Å². The molecule has 2 aromatic rings. The number of nitrogens with one attached hydrogen (secondary N) is 1. The number of rotatable bonds is 4. The number of benzene rings is 1. The third kappa shape index (κ3) is 2.50. The van der Waals surface area contributed by atoms with Crippen molar-refractivity contribution in [3.05, 3.63) is 46.5 Å². The van der Waals surface area contributed by atoms with Crippen LogP contribution in [0.3, 0.4) is 0 Å². The molecule has 1 heterocycles. The standard InChI is InChI=1S/C14H18N2S/c1-3-5-11-6-8-13(9-7-11)16-12(4-2)10-15-14(16)17/h6-10H,3-5H2,1-2H3,(H,15,17). The van der Waals surface area contributed by atoms with Gasteiger partial charge in [0.1, 0.15) is 0 Å². The topological polar surface area (TPSA) is 20.7 Å². The Morgan fingerprint density at radius 3 is 2.47 bits per heavy atom. The van der Waals surface area contributed by atoms with Gasteiger partial charge < -0.3 is 4.98 Å². The van der Waals surface area contributed by atoms with E-state index in [-0.39, 0.29) is 0 Å². The molecule has 0 spiro atoms. The second-order valence-electron chi connectivity index (χ2n) is 4.19. The van der Waals surface area contributed by atoms with E-state index >= 15 is 0 Å². The number of nitrogens with zero attached hydrogens (tertiary/aromatic N) is 1. The Morgan fingerprint density at radius 1 is 1.18 bits per heavy atom. The molecular weight excluding hydrogens is 228 g/mol. The highest BCUT2D eigenvalue weighted by Crippen LogP contribution is 2.15. The van der Waals surface area contributed by atoms with Crippen molar-refractivity contribution in [2.45, 2.75) is 33.1 Å². The zero-order valence-corrected chi connectivity index (χ0v) is 11.2. The molecule has 0 amide bonds. The molecule has 0 unspecified atom stereocenters. The highest BCUT2D eigenvalue weighted by Gasteiger charge is 2.04. The molecule has 2 nitrogen and oxygen atoms in total. The van der Waals surface area contributed by atoms with Crippen molar-refractivity contribution in [3.8, 4) is 5.69 Å². The first-order chi connectivity index (χ1) is 8.26. The third-order valence-corrected chi connectivity index (χ3v) is 3.25. The summed E-state index contributed by atoms with van der Waals surface area (Å²) in [5.41, 5.74) is 3.75. The Morgan fingerprint density at radius 2 is 1.88 bits per heavy atom. The van der Waals surface area contributed by atoms with Crippen molar-refractivity contribution in [2.75, 3.05) is 0 Å². The van der Waals surface area contributed by atoms with Crippen LogP contribution < -0.4 is 0 Å². The van der Waals surface area contributed by atoms with E-state index in [0.717, 1.165) is 23.3 Å². The van der Waals surface area contributed by atoms with Crippen LogP contribution in [0.5, 0.6) is 0 Å². The normalized spacial score (nSPS) is 10.7. The molecule has 0 fully saturated rings. The van der Waals surface area contributed by atoms with Crippen molar-refractivity contribution >= 4 is 12.2 Å². The van der Waals surface area contributed by atoms with Gasteiger partial charge in [0.15, 0.2) is 4.77 Å². The van der Waals surface area contributed by atoms with Crippen LogP contribution >= 0.6 is 12.2 Å². The van der Waals surface area contributed by atoms with E-state index < -0.39 is 0 Å². The lowest BCUT2D eigenvalue weighted by molar-refractivity contribution is 0.906. The van der Waals surface area contributed by atoms with Crippen LogP contribution in [-0.2, 0) is 12.8 Å². The molecule has 0 bridgehead atoms. The Hall–Kier alpha value is -1.35. The lowest BCUT2D eigenvalue weighted by Crippen LogP contribution is -1.99. The Kier molecular flexibility index (Phi) is 3.79. The molecule has 2 rings (SSSR count). The van der Waals surface area contributed by atoms with E-state index in [1.165, 1.54) is 17.7 Å². The molecule has 0 aliphatic carbocycles. The molecule has 0 atom stereocenters. The molecule has 0 saturated carbocycles. The van der Waals surface area contributed by atoms with Crippen molar-refractivity contribution in [1.82, 2.24) is 9.55 Å². The summed E-state index contributed by atoms with van der Waals surface area (Å²) in [6.07, 6.45) is 5.29. The average molecular weight is 246 g/mol. The summed E-state index contributed by atoms with van der Waals surface area (Å²) in [7, 11) is 0. The maximum absolute atomic E-state index is 5.31. The molecule has 0 saturated heterocycles. The lowest BCUT2D eigenvalue weighted by atomic mass is 10.1. The fourth-order valence-electron chi connectivity index (χ4n) is 2.05. The van der Waals surface area contributed by atoms with Gasteiger partial charge in [-0.3, -0.25) is 4.57 Å². The molecule has 17 heavy (non-hydrogen) atoms. The summed E-state index contributed by atoms with van der Waals surface area (Å²) >= 11 is 5.31. The number of hydrogen-bond donors (Lipinski definition) is 1. The smallest absolute Gasteiger partial charge is 0.182 e. The number of H-pyrrole nitrogens is 1. The monoisotopic (exact) mass is 246 g/mol. The van der Waals surface area contributed by atoms with Gasteiger partial charge in [0.05, 0.1) is 0 Å². The predicted octanol–water partition coefficient (Wildman–Crippen LogP) is 4.05. The minimum atomic E-state index is 0.769. The van der Waals surface area contributed by atoms with E-state index in [1.807, 2.05) is 6.20 Å². The number of imidazole rings is 1. The maximum atomic E-state index is 5.31. The van der Waals surface area contributed by atoms with Crippen LogP contribution in [0.4, 0.5) is 0 Å². The fraction of sp³-hybridized carbons (Fsp3) is 0.357. The molecule has 1 aromatic carbocycles. The predicted molar refractivity (Wildman–Crippen MR) is 74.3 cm³/mol. The Labute approximate surface area is 107 Å². The van der Waals surface area contributed by atoms with Gasteiger partial charge in [-0.1, -0.05) is 32.4 Å². The molecule has 3 heteroatoms. The van der Waals surface area contributed by atoms with Gasteiger partial charge in [-0.15, -0.1) is 0 Å². The minimum Gasteiger partial charge on any atom is -0.337 e. The van der Waals surface area contributed by atoms with E-state index in [2.05, 4.69) is 47.7 Å². The van der Waals surface area contributed by atoms with E-state index in [1.54, 1.807) is 0 Å².